The lowest BCUT2D eigenvalue weighted by molar-refractivity contribution is -0.136. The Bertz CT molecular complexity index is 752. The third kappa shape index (κ3) is 6.33. The lowest BCUT2D eigenvalue weighted by atomic mass is 9.90. The largest absolute Gasteiger partial charge is 0.388 e. The van der Waals surface area contributed by atoms with Gasteiger partial charge < -0.3 is 20.2 Å². The third-order valence-electron chi connectivity index (χ3n) is 5.95. The molecule has 1 atom stereocenters. The molecule has 1 saturated heterocycles. The van der Waals surface area contributed by atoms with Crippen molar-refractivity contribution in [2.75, 3.05) is 32.8 Å². The van der Waals surface area contributed by atoms with Crippen LogP contribution in [0.3, 0.4) is 0 Å². The fourth-order valence-corrected chi connectivity index (χ4v) is 3.97. The molecule has 1 fully saturated rings. The maximum atomic E-state index is 12.7. The van der Waals surface area contributed by atoms with E-state index in [1.165, 1.54) is 5.56 Å². The normalized spacial score (nSPS) is 19.6. The summed E-state index contributed by atoms with van der Waals surface area (Å²) in [6.45, 7) is 9.66. The second-order valence-electron chi connectivity index (χ2n) is 9.14. The van der Waals surface area contributed by atoms with Crippen LogP contribution in [0.25, 0.3) is 0 Å². The summed E-state index contributed by atoms with van der Waals surface area (Å²) >= 11 is 0. The smallest absolute Gasteiger partial charge is 0.223 e. The second-order valence-corrected chi connectivity index (χ2v) is 9.14. The highest BCUT2D eigenvalue weighted by atomic mass is 16.3. The molecule has 0 saturated carbocycles. The van der Waals surface area contributed by atoms with Crippen LogP contribution in [0.4, 0.5) is 0 Å². The molecular weight excluding hydrogens is 376 g/mol. The van der Waals surface area contributed by atoms with E-state index in [9.17, 15) is 9.90 Å². The molecule has 1 amide bonds. The number of amides is 1. The first-order valence-electron chi connectivity index (χ1n) is 11.1. The number of carbonyl (C=O) groups is 1. The van der Waals surface area contributed by atoms with Crippen molar-refractivity contribution < 1.29 is 9.90 Å². The summed E-state index contributed by atoms with van der Waals surface area (Å²) in [6.07, 6.45) is 5.69. The van der Waals surface area contributed by atoms with E-state index < -0.39 is 5.60 Å². The van der Waals surface area contributed by atoms with Gasteiger partial charge >= 0.3 is 0 Å². The number of β-amino-alcohol motifs (C(OH)–C–C–N with tert-alkyl or cyclic N) is 1. The lowest BCUT2D eigenvalue weighted by Gasteiger charge is -2.41. The first kappa shape index (κ1) is 22.3. The molecule has 6 heteroatoms. The predicted molar refractivity (Wildman–Crippen MR) is 121 cm³/mol. The van der Waals surface area contributed by atoms with Gasteiger partial charge in [-0.25, -0.2) is 4.99 Å². The number of aliphatic imine (C=N–C) groups is 1. The summed E-state index contributed by atoms with van der Waals surface area (Å²) in [7, 11) is 0. The van der Waals surface area contributed by atoms with Crippen molar-refractivity contribution in [3.05, 3.63) is 48.2 Å². The topological polar surface area (TPSA) is 68.2 Å². The zero-order valence-electron chi connectivity index (χ0n) is 18.6. The fourth-order valence-electron chi connectivity index (χ4n) is 3.97. The Kier molecular flexibility index (Phi) is 7.53. The molecule has 0 radical (unpaired) electrons. The van der Waals surface area contributed by atoms with E-state index in [4.69, 9.17) is 0 Å². The van der Waals surface area contributed by atoms with E-state index in [1.54, 1.807) is 0 Å². The fraction of sp³-hybridized carbons (Fsp3) is 0.583. The summed E-state index contributed by atoms with van der Waals surface area (Å²) in [5, 5.41) is 14.4. The van der Waals surface area contributed by atoms with Crippen LogP contribution in [0.5, 0.6) is 0 Å². The minimum Gasteiger partial charge on any atom is -0.388 e. The zero-order valence-corrected chi connectivity index (χ0v) is 18.6. The molecule has 0 spiro atoms. The highest BCUT2D eigenvalue weighted by molar-refractivity contribution is 5.93. The van der Waals surface area contributed by atoms with Gasteiger partial charge in [0.15, 0.2) is 0 Å². The van der Waals surface area contributed by atoms with Gasteiger partial charge in [-0.15, -0.1) is 0 Å². The van der Waals surface area contributed by atoms with E-state index in [0.29, 0.717) is 51.5 Å². The van der Waals surface area contributed by atoms with Crippen molar-refractivity contribution in [3.8, 4) is 0 Å². The molecule has 2 aliphatic heterocycles. The maximum absolute atomic E-state index is 12.7. The van der Waals surface area contributed by atoms with Gasteiger partial charge in [0, 0.05) is 38.8 Å². The quantitative estimate of drug-likeness (QED) is 0.723. The molecule has 30 heavy (non-hydrogen) atoms. The number of likely N-dealkylation sites (tertiary alicyclic amines) is 1. The molecule has 2 heterocycles. The third-order valence-corrected chi connectivity index (χ3v) is 5.95. The van der Waals surface area contributed by atoms with Crippen LogP contribution in [-0.2, 0) is 4.79 Å². The highest BCUT2D eigenvalue weighted by Gasteiger charge is 2.35. The molecule has 2 aliphatic rings. The number of hydrogen-bond acceptors (Lipinski definition) is 5. The van der Waals surface area contributed by atoms with Crippen molar-refractivity contribution in [2.24, 2.45) is 10.9 Å². The standard InChI is InChI=1S/C24H36N4O2/c1-19(2)16-25-22-9-12-27(18-26-22)17-24(30)10-13-28(14-11-24)23(29)15-20(3)21-7-5-4-6-8-21/h4-9,12,19-20,30H,10-11,13-18H2,1-3H3,(H,25,26)/t20-/m1/s1. The van der Waals surface area contributed by atoms with E-state index in [-0.39, 0.29) is 11.8 Å². The van der Waals surface area contributed by atoms with E-state index in [0.717, 1.165) is 12.4 Å². The Labute approximate surface area is 180 Å². The number of amidine groups is 1. The Morgan fingerprint density at radius 3 is 2.50 bits per heavy atom. The monoisotopic (exact) mass is 412 g/mol. The van der Waals surface area contributed by atoms with Crippen molar-refractivity contribution in [1.82, 2.24) is 15.1 Å². The molecule has 1 aromatic carbocycles. The van der Waals surface area contributed by atoms with Gasteiger partial charge in [-0.05, 0) is 36.3 Å². The van der Waals surface area contributed by atoms with Crippen LogP contribution in [0, 0.1) is 5.92 Å². The van der Waals surface area contributed by atoms with Crippen molar-refractivity contribution in [2.45, 2.75) is 51.6 Å². The first-order valence-corrected chi connectivity index (χ1v) is 11.1. The average molecular weight is 413 g/mol. The number of hydrogen-bond donors (Lipinski definition) is 2. The average Bonchev–Trinajstić information content (AvgIpc) is 2.74. The summed E-state index contributed by atoms with van der Waals surface area (Å²) in [5.74, 6) is 1.86. The molecule has 6 nitrogen and oxygen atoms in total. The highest BCUT2D eigenvalue weighted by Crippen LogP contribution is 2.26. The number of carbonyl (C=O) groups excluding carboxylic acids is 1. The molecule has 2 N–H and O–H groups in total. The van der Waals surface area contributed by atoms with E-state index >= 15 is 0 Å². The molecule has 0 aliphatic carbocycles. The molecule has 0 aromatic heterocycles. The van der Waals surface area contributed by atoms with Crippen LogP contribution in [0.2, 0.25) is 0 Å². The van der Waals surface area contributed by atoms with Gasteiger partial charge in [0.05, 0.1) is 5.60 Å². The summed E-state index contributed by atoms with van der Waals surface area (Å²) in [5.41, 5.74) is 0.420. The zero-order chi connectivity index (χ0) is 21.6. The Morgan fingerprint density at radius 2 is 1.90 bits per heavy atom. The predicted octanol–water partition coefficient (Wildman–Crippen LogP) is 2.96. The molecule has 164 valence electrons. The molecule has 1 aromatic rings. The molecular formula is C24H36N4O2. The van der Waals surface area contributed by atoms with Gasteiger partial charge in [-0.2, -0.15) is 0 Å². The lowest BCUT2D eigenvalue weighted by Crippen LogP contribution is -2.51. The van der Waals surface area contributed by atoms with E-state index in [2.05, 4.69) is 48.1 Å². The Morgan fingerprint density at radius 1 is 1.20 bits per heavy atom. The van der Waals surface area contributed by atoms with E-state index in [1.807, 2.05) is 35.4 Å². The number of nitrogens with one attached hydrogen (secondary N) is 1. The second kappa shape index (κ2) is 10.1. The SMILES string of the molecule is CC(C)CNC1=NCN(CC2(O)CCN(C(=O)C[C@@H](C)c3ccccc3)CC2)C=C1. The number of nitrogens with zero attached hydrogens (tertiary/aromatic N) is 3. The van der Waals surface area contributed by atoms with Gasteiger partial charge in [0.2, 0.25) is 5.91 Å². The van der Waals surface area contributed by atoms with Gasteiger partial charge in [-0.1, -0.05) is 51.1 Å². The van der Waals surface area contributed by atoms with Crippen LogP contribution in [-0.4, -0.2) is 65.1 Å². The maximum Gasteiger partial charge on any atom is 0.223 e. The van der Waals surface area contributed by atoms with Gasteiger partial charge in [0.25, 0.3) is 0 Å². The Hall–Kier alpha value is -2.34. The summed E-state index contributed by atoms with van der Waals surface area (Å²) in [6, 6.07) is 10.2. The number of piperidine rings is 1. The van der Waals surface area contributed by atoms with Crippen molar-refractivity contribution in [1.29, 1.82) is 0 Å². The number of rotatable bonds is 7. The van der Waals surface area contributed by atoms with Crippen LogP contribution in [0.1, 0.15) is 51.5 Å². The van der Waals surface area contributed by atoms with Crippen molar-refractivity contribution in [3.63, 3.8) is 0 Å². The molecule has 0 unspecified atom stereocenters. The first-order chi connectivity index (χ1) is 14.3. The number of aliphatic hydroxyl groups is 1. The summed E-state index contributed by atoms with van der Waals surface area (Å²) in [4.78, 5) is 21.2. The van der Waals surface area contributed by atoms with Crippen LogP contribution < -0.4 is 5.32 Å². The number of benzene rings is 1. The molecule has 0 bridgehead atoms. The summed E-state index contributed by atoms with van der Waals surface area (Å²) < 4.78 is 0. The minimum atomic E-state index is -0.773. The van der Waals surface area contributed by atoms with Crippen LogP contribution >= 0.6 is 0 Å². The minimum absolute atomic E-state index is 0.178. The molecule has 3 rings (SSSR count). The van der Waals surface area contributed by atoms with Gasteiger partial charge in [-0.3, -0.25) is 4.79 Å². The van der Waals surface area contributed by atoms with Gasteiger partial charge in [0.1, 0.15) is 12.5 Å². The Balaban J connectivity index is 1.43. The van der Waals surface area contributed by atoms with Crippen molar-refractivity contribution >= 4 is 11.7 Å². The van der Waals surface area contributed by atoms with Crippen LogP contribution in [0.15, 0.2) is 47.6 Å².